The van der Waals surface area contributed by atoms with Crippen LogP contribution in [0.4, 0.5) is 10.5 Å². The Morgan fingerprint density at radius 2 is 2.05 bits per heavy atom. The smallest absolute Gasteiger partial charge is 0.325 e. The number of benzene rings is 1. The number of anilines is 1. The van der Waals surface area contributed by atoms with Crippen LogP contribution >= 0.6 is 0 Å². The van der Waals surface area contributed by atoms with Crippen molar-refractivity contribution in [3.05, 3.63) is 29.8 Å². The lowest BCUT2D eigenvalue weighted by atomic mass is 10.1. The molecule has 3 N–H and O–H groups in total. The summed E-state index contributed by atoms with van der Waals surface area (Å²) in [5.41, 5.74) is 6.78. The van der Waals surface area contributed by atoms with Crippen LogP contribution in [0.3, 0.4) is 0 Å². The first kappa shape index (κ1) is 14.3. The second-order valence-corrected chi connectivity index (χ2v) is 5.13. The van der Waals surface area contributed by atoms with E-state index in [1.54, 1.807) is 34.1 Å². The zero-order chi connectivity index (χ0) is 14.9. The van der Waals surface area contributed by atoms with E-state index in [0.29, 0.717) is 24.3 Å². The van der Waals surface area contributed by atoms with Gasteiger partial charge >= 0.3 is 12.0 Å². The highest BCUT2D eigenvalue weighted by Crippen LogP contribution is 2.24. The number of carboxylic acid groups (broad SMARTS) is 1. The zero-order valence-electron chi connectivity index (χ0n) is 11.6. The van der Waals surface area contributed by atoms with Crippen LogP contribution in [0.2, 0.25) is 0 Å². The summed E-state index contributed by atoms with van der Waals surface area (Å²) in [6.45, 7) is 5.21. The number of amides is 2. The first-order valence-electron chi connectivity index (χ1n) is 6.58. The number of carbonyl (C=O) groups is 2. The standard InChI is InChI=1S/C14H19N3O3/c1-9(2)16-6-7-17(14(16)20)11-5-3-4-10(8-11)12(15)13(18)19/h3-5,8-9,12H,6-7,15H2,1-2H3,(H,18,19). The minimum atomic E-state index is -1.08. The lowest BCUT2D eigenvalue weighted by Crippen LogP contribution is -2.36. The van der Waals surface area contributed by atoms with E-state index in [0.717, 1.165) is 0 Å². The van der Waals surface area contributed by atoms with Crippen LogP contribution in [-0.4, -0.2) is 41.1 Å². The van der Waals surface area contributed by atoms with E-state index in [9.17, 15) is 9.59 Å². The molecule has 1 aliphatic rings. The van der Waals surface area contributed by atoms with E-state index in [2.05, 4.69) is 0 Å². The Kier molecular flexibility index (Phi) is 3.94. The van der Waals surface area contributed by atoms with Gasteiger partial charge in [-0.1, -0.05) is 12.1 Å². The Balaban J connectivity index is 2.24. The summed E-state index contributed by atoms with van der Waals surface area (Å²) >= 11 is 0. The third-order valence-corrected chi connectivity index (χ3v) is 3.47. The number of aliphatic carboxylic acids is 1. The van der Waals surface area contributed by atoms with Crippen LogP contribution in [0.25, 0.3) is 0 Å². The lowest BCUT2D eigenvalue weighted by Gasteiger charge is -2.22. The Bertz CT molecular complexity index is 530. The SMILES string of the molecule is CC(C)N1CCN(c2cccc(C(N)C(=O)O)c2)C1=O. The molecule has 0 aromatic heterocycles. The number of hydrogen-bond donors (Lipinski definition) is 2. The predicted octanol–water partition coefficient (Wildman–Crippen LogP) is 1.42. The molecule has 1 fully saturated rings. The third kappa shape index (κ3) is 2.60. The monoisotopic (exact) mass is 277 g/mol. The van der Waals surface area contributed by atoms with Crippen molar-refractivity contribution < 1.29 is 14.7 Å². The van der Waals surface area contributed by atoms with Crippen LogP contribution < -0.4 is 10.6 Å². The molecule has 20 heavy (non-hydrogen) atoms. The number of nitrogens with two attached hydrogens (primary N) is 1. The van der Waals surface area contributed by atoms with Crippen molar-refractivity contribution in [3.63, 3.8) is 0 Å². The maximum absolute atomic E-state index is 12.3. The van der Waals surface area contributed by atoms with Crippen molar-refractivity contribution in [1.29, 1.82) is 0 Å². The normalized spacial score (nSPS) is 16.9. The molecular formula is C14H19N3O3. The highest BCUT2D eigenvalue weighted by molar-refractivity contribution is 5.94. The molecule has 1 aromatic carbocycles. The van der Waals surface area contributed by atoms with Crippen molar-refractivity contribution in [2.45, 2.75) is 25.9 Å². The van der Waals surface area contributed by atoms with Crippen molar-refractivity contribution >= 4 is 17.7 Å². The van der Waals surface area contributed by atoms with Gasteiger partial charge in [0.25, 0.3) is 0 Å². The van der Waals surface area contributed by atoms with Crippen LogP contribution in [0.5, 0.6) is 0 Å². The summed E-state index contributed by atoms with van der Waals surface area (Å²) in [5, 5.41) is 8.94. The minimum Gasteiger partial charge on any atom is -0.480 e. The third-order valence-electron chi connectivity index (χ3n) is 3.47. The number of nitrogens with zero attached hydrogens (tertiary/aromatic N) is 2. The molecular weight excluding hydrogens is 258 g/mol. The summed E-state index contributed by atoms with van der Waals surface area (Å²) < 4.78 is 0. The predicted molar refractivity (Wildman–Crippen MR) is 75.6 cm³/mol. The fraction of sp³-hybridized carbons (Fsp3) is 0.429. The maximum atomic E-state index is 12.3. The molecule has 1 atom stereocenters. The largest absolute Gasteiger partial charge is 0.480 e. The maximum Gasteiger partial charge on any atom is 0.325 e. The first-order valence-corrected chi connectivity index (χ1v) is 6.58. The van der Waals surface area contributed by atoms with Gasteiger partial charge < -0.3 is 15.7 Å². The van der Waals surface area contributed by atoms with Crippen molar-refractivity contribution in [2.75, 3.05) is 18.0 Å². The summed E-state index contributed by atoms with van der Waals surface area (Å²) in [6, 6.07) is 5.86. The Hall–Kier alpha value is -2.08. The van der Waals surface area contributed by atoms with Gasteiger partial charge in [-0.2, -0.15) is 0 Å². The number of urea groups is 1. The van der Waals surface area contributed by atoms with Gasteiger partial charge in [0, 0.05) is 24.8 Å². The quantitative estimate of drug-likeness (QED) is 0.871. The molecule has 2 rings (SSSR count). The number of carboxylic acids is 1. The molecule has 6 heteroatoms. The summed E-state index contributed by atoms with van der Waals surface area (Å²) in [4.78, 5) is 26.6. The summed E-state index contributed by atoms with van der Waals surface area (Å²) in [6.07, 6.45) is 0. The van der Waals surface area contributed by atoms with E-state index in [4.69, 9.17) is 10.8 Å². The lowest BCUT2D eigenvalue weighted by molar-refractivity contribution is -0.138. The molecule has 1 aliphatic heterocycles. The molecule has 1 unspecified atom stereocenters. The van der Waals surface area contributed by atoms with Crippen molar-refractivity contribution in [1.82, 2.24) is 4.90 Å². The van der Waals surface area contributed by atoms with Gasteiger partial charge in [-0.25, -0.2) is 4.79 Å². The number of hydrogen-bond acceptors (Lipinski definition) is 3. The van der Waals surface area contributed by atoms with E-state index >= 15 is 0 Å². The van der Waals surface area contributed by atoms with E-state index in [-0.39, 0.29) is 12.1 Å². The second-order valence-electron chi connectivity index (χ2n) is 5.13. The number of carbonyl (C=O) groups excluding carboxylic acids is 1. The first-order chi connectivity index (χ1) is 9.41. The molecule has 0 bridgehead atoms. The van der Waals surface area contributed by atoms with Gasteiger partial charge in [0.05, 0.1) is 0 Å². The molecule has 0 saturated carbocycles. The van der Waals surface area contributed by atoms with Gasteiger partial charge in [-0.15, -0.1) is 0 Å². The van der Waals surface area contributed by atoms with Crippen molar-refractivity contribution in [3.8, 4) is 0 Å². The Labute approximate surface area is 117 Å². The highest BCUT2D eigenvalue weighted by Gasteiger charge is 2.31. The zero-order valence-corrected chi connectivity index (χ0v) is 11.6. The molecule has 0 radical (unpaired) electrons. The average Bonchev–Trinajstić information content (AvgIpc) is 2.80. The van der Waals surface area contributed by atoms with Gasteiger partial charge in [0.15, 0.2) is 0 Å². The molecule has 108 valence electrons. The molecule has 1 heterocycles. The molecule has 6 nitrogen and oxygen atoms in total. The van der Waals surface area contributed by atoms with E-state index in [1.807, 2.05) is 13.8 Å². The van der Waals surface area contributed by atoms with Crippen LogP contribution in [0.1, 0.15) is 25.5 Å². The summed E-state index contributed by atoms with van der Waals surface area (Å²) in [5.74, 6) is -1.08. The average molecular weight is 277 g/mol. The number of rotatable bonds is 4. The van der Waals surface area contributed by atoms with Gasteiger partial charge in [0.1, 0.15) is 6.04 Å². The molecule has 0 aliphatic carbocycles. The fourth-order valence-electron chi connectivity index (χ4n) is 2.30. The molecule has 2 amide bonds. The second kappa shape index (κ2) is 5.50. The minimum absolute atomic E-state index is 0.0546. The topological polar surface area (TPSA) is 86.9 Å². The van der Waals surface area contributed by atoms with Crippen LogP contribution in [0.15, 0.2) is 24.3 Å². The summed E-state index contributed by atoms with van der Waals surface area (Å²) in [7, 11) is 0. The van der Waals surface area contributed by atoms with Gasteiger partial charge in [-0.3, -0.25) is 9.69 Å². The Morgan fingerprint density at radius 1 is 1.35 bits per heavy atom. The van der Waals surface area contributed by atoms with Crippen molar-refractivity contribution in [2.24, 2.45) is 5.73 Å². The molecule has 0 spiro atoms. The molecule has 1 saturated heterocycles. The highest BCUT2D eigenvalue weighted by atomic mass is 16.4. The van der Waals surface area contributed by atoms with Crippen LogP contribution in [0, 0.1) is 0 Å². The van der Waals surface area contributed by atoms with E-state index in [1.165, 1.54) is 0 Å². The van der Waals surface area contributed by atoms with E-state index < -0.39 is 12.0 Å². The molecule has 1 aromatic rings. The fourth-order valence-corrected chi connectivity index (χ4v) is 2.30. The Morgan fingerprint density at radius 3 is 2.60 bits per heavy atom. The van der Waals surface area contributed by atoms with Crippen LogP contribution in [-0.2, 0) is 4.79 Å². The van der Waals surface area contributed by atoms with Gasteiger partial charge in [-0.05, 0) is 31.5 Å². The van der Waals surface area contributed by atoms with Gasteiger partial charge in [0.2, 0.25) is 0 Å².